The van der Waals surface area contributed by atoms with Gasteiger partial charge in [0.25, 0.3) is 5.91 Å². The van der Waals surface area contributed by atoms with Gasteiger partial charge in [-0.15, -0.1) is 0 Å². The molecule has 0 aliphatic rings. The molecule has 0 bridgehead atoms. The summed E-state index contributed by atoms with van der Waals surface area (Å²) in [4.78, 5) is 23.1. The van der Waals surface area contributed by atoms with E-state index in [1.165, 1.54) is 24.8 Å². The molecule has 1 N–H and O–H groups in total. The minimum atomic E-state index is -0.412. The summed E-state index contributed by atoms with van der Waals surface area (Å²) in [5, 5.41) is 3.76. The lowest BCUT2D eigenvalue weighted by Gasteiger charge is -1.96. The van der Waals surface area contributed by atoms with Crippen LogP contribution < -0.4 is 5.43 Å². The molecule has 17 heavy (non-hydrogen) atoms. The first kappa shape index (κ1) is 10.9. The summed E-state index contributed by atoms with van der Waals surface area (Å²) in [5.74, 6) is -0.412. The lowest BCUT2D eigenvalue weighted by atomic mass is 10.4. The van der Waals surface area contributed by atoms with Crippen molar-refractivity contribution in [2.75, 3.05) is 0 Å². The van der Waals surface area contributed by atoms with Gasteiger partial charge in [0.2, 0.25) is 0 Å². The van der Waals surface area contributed by atoms with Crippen LogP contribution in [-0.4, -0.2) is 27.1 Å². The number of rotatable bonds is 3. The molecule has 0 saturated heterocycles. The number of hydrazone groups is 1. The van der Waals surface area contributed by atoms with Gasteiger partial charge in [0.15, 0.2) is 0 Å². The largest absolute Gasteiger partial charge is 0.291 e. The summed E-state index contributed by atoms with van der Waals surface area (Å²) < 4.78 is 0. The summed E-state index contributed by atoms with van der Waals surface area (Å²) in [7, 11) is 0. The summed E-state index contributed by atoms with van der Waals surface area (Å²) in [5.41, 5.74) is 3.21. The summed E-state index contributed by atoms with van der Waals surface area (Å²) >= 11 is 0. The van der Waals surface area contributed by atoms with E-state index in [2.05, 4.69) is 25.5 Å². The normalized spacial score (nSPS) is 10.4. The Morgan fingerprint density at radius 1 is 1.24 bits per heavy atom. The van der Waals surface area contributed by atoms with Gasteiger partial charge in [-0.3, -0.25) is 14.8 Å². The molecule has 2 heterocycles. The molecule has 0 spiro atoms. The maximum atomic E-state index is 11.5. The number of nitrogens with zero attached hydrogens (tertiary/aromatic N) is 4. The SMILES string of the molecule is O=C(N/N=C\c1ccccn1)c1cnccn1. The molecule has 6 nitrogen and oxygen atoms in total. The molecule has 0 unspecified atom stereocenters. The molecule has 0 aliphatic carbocycles. The lowest BCUT2D eigenvalue weighted by Crippen LogP contribution is -2.19. The van der Waals surface area contributed by atoms with Crippen molar-refractivity contribution in [3.8, 4) is 0 Å². The molecule has 0 aliphatic heterocycles. The summed E-state index contributed by atoms with van der Waals surface area (Å²) in [6.45, 7) is 0. The Labute approximate surface area is 97.5 Å². The van der Waals surface area contributed by atoms with Gasteiger partial charge in [-0.2, -0.15) is 5.10 Å². The van der Waals surface area contributed by atoms with Crippen molar-refractivity contribution in [1.82, 2.24) is 20.4 Å². The third-order valence-corrected chi connectivity index (χ3v) is 1.85. The molecule has 84 valence electrons. The number of carbonyl (C=O) groups excluding carboxylic acids is 1. The van der Waals surface area contributed by atoms with E-state index in [-0.39, 0.29) is 5.69 Å². The Morgan fingerprint density at radius 2 is 2.18 bits per heavy atom. The first-order valence-electron chi connectivity index (χ1n) is 4.87. The number of hydrogen-bond donors (Lipinski definition) is 1. The average molecular weight is 227 g/mol. The van der Waals surface area contributed by atoms with Crippen LogP contribution >= 0.6 is 0 Å². The van der Waals surface area contributed by atoms with Crippen molar-refractivity contribution in [3.05, 3.63) is 54.4 Å². The minimum Gasteiger partial charge on any atom is -0.265 e. The fourth-order valence-corrected chi connectivity index (χ4v) is 1.08. The molecular formula is C11H9N5O. The predicted molar refractivity (Wildman–Crippen MR) is 61.3 cm³/mol. The second-order valence-corrected chi connectivity index (χ2v) is 3.04. The van der Waals surface area contributed by atoms with Crippen LogP contribution in [0.25, 0.3) is 0 Å². The fourth-order valence-electron chi connectivity index (χ4n) is 1.08. The van der Waals surface area contributed by atoms with Crippen LogP contribution in [0.3, 0.4) is 0 Å². The number of hydrogen-bond acceptors (Lipinski definition) is 5. The van der Waals surface area contributed by atoms with Crippen LogP contribution in [0.5, 0.6) is 0 Å². The zero-order valence-electron chi connectivity index (χ0n) is 8.82. The van der Waals surface area contributed by atoms with E-state index in [1.54, 1.807) is 18.3 Å². The van der Waals surface area contributed by atoms with Crippen molar-refractivity contribution in [1.29, 1.82) is 0 Å². The topological polar surface area (TPSA) is 80.1 Å². The Hall–Kier alpha value is -2.63. The van der Waals surface area contributed by atoms with Crippen LogP contribution in [0, 0.1) is 0 Å². The van der Waals surface area contributed by atoms with Crippen LogP contribution in [-0.2, 0) is 0 Å². The summed E-state index contributed by atoms with van der Waals surface area (Å²) in [6, 6.07) is 5.41. The van der Waals surface area contributed by atoms with Crippen molar-refractivity contribution < 1.29 is 4.79 Å². The van der Waals surface area contributed by atoms with Crippen LogP contribution in [0.1, 0.15) is 16.2 Å². The summed E-state index contributed by atoms with van der Waals surface area (Å²) in [6.07, 6.45) is 7.40. The number of aromatic nitrogens is 3. The van der Waals surface area contributed by atoms with Crippen LogP contribution in [0.15, 0.2) is 48.1 Å². The van der Waals surface area contributed by atoms with E-state index in [1.807, 2.05) is 6.07 Å². The maximum Gasteiger partial charge on any atom is 0.291 e. The van der Waals surface area contributed by atoms with E-state index in [0.29, 0.717) is 5.69 Å². The van der Waals surface area contributed by atoms with Gasteiger partial charge in [-0.05, 0) is 12.1 Å². The van der Waals surface area contributed by atoms with E-state index in [9.17, 15) is 4.79 Å². The van der Waals surface area contributed by atoms with Crippen molar-refractivity contribution >= 4 is 12.1 Å². The highest BCUT2D eigenvalue weighted by atomic mass is 16.2. The lowest BCUT2D eigenvalue weighted by molar-refractivity contribution is 0.0950. The standard InChI is InChI=1S/C11H9N5O/c17-11(10-8-12-5-6-14-10)16-15-7-9-3-1-2-4-13-9/h1-8H,(H,16,17)/b15-7-. The molecule has 1 amide bonds. The number of amides is 1. The highest BCUT2D eigenvalue weighted by Gasteiger charge is 2.03. The van der Waals surface area contributed by atoms with Gasteiger partial charge in [-0.1, -0.05) is 6.07 Å². The molecule has 0 aromatic carbocycles. The minimum absolute atomic E-state index is 0.214. The molecule has 0 atom stereocenters. The van der Waals surface area contributed by atoms with Crippen molar-refractivity contribution in [3.63, 3.8) is 0 Å². The molecular weight excluding hydrogens is 218 g/mol. The van der Waals surface area contributed by atoms with E-state index < -0.39 is 5.91 Å². The van der Waals surface area contributed by atoms with E-state index in [4.69, 9.17) is 0 Å². The number of nitrogens with one attached hydrogen (secondary N) is 1. The quantitative estimate of drug-likeness (QED) is 0.616. The van der Waals surface area contributed by atoms with E-state index in [0.717, 1.165) is 0 Å². The van der Waals surface area contributed by atoms with Crippen LogP contribution in [0.2, 0.25) is 0 Å². The Balaban J connectivity index is 1.95. The van der Waals surface area contributed by atoms with Crippen molar-refractivity contribution in [2.24, 2.45) is 5.10 Å². The number of carbonyl (C=O) groups is 1. The van der Waals surface area contributed by atoms with Gasteiger partial charge in [0.1, 0.15) is 5.69 Å². The van der Waals surface area contributed by atoms with Gasteiger partial charge >= 0.3 is 0 Å². The van der Waals surface area contributed by atoms with Gasteiger partial charge in [0, 0.05) is 18.6 Å². The van der Waals surface area contributed by atoms with Crippen LogP contribution in [0.4, 0.5) is 0 Å². The first-order valence-corrected chi connectivity index (χ1v) is 4.87. The zero-order valence-corrected chi connectivity index (χ0v) is 8.82. The molecule has 2 rings (SSSR count). The highest BCUT2D eigenvalue weighted by Crippen LogP contribution is 1.90. The zero-order chi connectivity index (χ0) is 11.9. The third-order valence-electron chi connectivity index (χ3n) is 1.85. The Kier molecular flexibility index (Phi) is 3.49. The second-order valence-electron chi connectivity index (χ2n) is 3.04. The number of pyridine rings is 1. The van der Waals surface area contributed by atoms with Gasteiger partial charge in [0.05, 0.1) is 18.1 Å². The predicted octanol–water partition coefficient (Wildman–Crippen LogP) is 0.635. The Bertz CT molecular complexity index is 512. The van der Waals surface area contributed by atoms with E-state index >= 15 is 0 Å². The molecule has 2 aromatic heterocycles. The molecule has 2 aromatic rings. The average Bonchev–Trinajstić information content (AvgIpc) is 2.41. The first-order chi connectivity index (χ1) is 8.36. The highest BCUT2D eigenvalue weighted by molar-refractivity contribution is 5.92. The fraction of sp³-hybridized carbons (Fsp3) is 0. The van der Waals surface area contributed by atoms with Gasteiger partial charge in [-0.25, -0.2) is 10.4 Å². The van der Waals surface area contributed by atoms with Gasteiger partial charge < -0.3 is 0 Å². The Morgan fingerprint density at radius 3 is 2.88 bits per heavy atom. The maximum absolute atomic E-state index is 11.5. The van der Waals surface area contributed by atoms with Crippen molar-refractivity contribution in [2.45, 2.75) is 0 Å². The monoisotopic (exact) mass is 227 g/mol. The molecule has 0 saturated carbocycles. The molecule has 0 radical (unpaired) electrons. The molecule has 0 fully saturated rings. The second kappa shape index (κ2) is 5.45. The smallest absolute Gasteiger partial charge is 0.265 e. The third kappa shape index (κ3) is 3.16. The molecule has 6 heteroatoms.